The molecule has 18 heavy (non-hydrogen) atoms. The molecular weight excluding hydrogens is 279 g/mol. The average molecular weight is 289 g/mol. The van der Waals surface area contributed by atoms with E-state index in [0.29, 0.717) is 5.02 Å². The number of hydrogen-bond donors (Lipinski definition) is 0. The molecule has 4 nitrogen and oxygen atoms in total. The van der Waals surface area contributed by atoms with E-state index >= 15 is 0 Å². The molecule has 0 atom stereocenters. The number of allylic oxidation sites excluding steroid dienone is 1. The van der Waals surface area contributed by atoms with Crippen LogP contribution < -0.4 is 4.74 Å². The average Bonchev–Trinajstić information content (AvgIpc) is 2.34. The molecule has 0 amide bonds. The van der Waals surface area contributed by atoms with E-state index in [1.165, 1.54) is 26.4 Å². The number of benzene rings is 1. The maximum atomic E-state index is 11.9. The van der Waals surface area contributed by atoms with Crippen molar-refractivity contribution in [1.29, 1.82) is 0 Å². The zero-order chi connectivity index (χ0) is 13.7. The lowest BCUT2D eigenvalue weighted by Gasteiger charge is -2.08. The van der Waals surface area contributed by atoms with Crippen molar-refractivity contribution in [2.24, 2.45) is 0 Å². The van der Waals surface area contributed by atoms with Gasteiger partial charge in [-0.25, -0.2) is 4.79 Å². The monoisotopic (exact) mass is 288 g/mol. The molecule has 0 aliphatic rings. The smallest absolute Gasteiger partial charge is 0.330 e. The van der Waals surface area contributed by atoms with E-state index in [2.05, 4.69) is 4.74 Å². The van der Waals surface area contributed by atoms with Crippen molar-refractivity contribution in [2.45, 2.75) is 0 Å². The molecule has 96 valence electrons. The first-order valence-corrected chi connectivity index (χ1v) is 5.58. The lowest BCUT2D eigenvalue weighted by Crippen LogP contribution is -2.02. The summed E-state index contributed by atoms with van der Waals surface area (Å²) in [5.41, 5.74) is 0.176. The van der Waals surface area contributed by atoms with Gasteiger partial charge in [0, 0.05) is 11.1 Å². The Kier molecular flexibility index (Phi) is 5.19. The van der Waals surface area contributed by atoms with Gasteiger partial charge in [-0.2, -0.15) is 0 Å². The summed E-state index contributed by atoms with van der Waals surface area (Å²) in [7, 11) is 2.60. The summed E-state index contributed by atoms with van der Waals surface area (Å²) in [6, 6.07) is 2.87. The molecule has 0 fully saturated rings. The number of ketones is 1. The van der Waals surface area contributed by atoms with Crippen LogP contribution in [0.4, 0.5) is 0 Å². The van der Waals surface area contributed by atoms with Crippen molar-refractivity contribution in [2.75, 3.05) is 14.2 Å². The molecule has 0 unspecified atom stereocenters. The van der Waals surface area contributed by atoms with Gasteiger partial charge in [-0.15, -0.1) is 0 Å². The Morgan fingerprint density at radius 3 is 2.39 bits per heavy atom. The van der Waals surface area contributed by atoms with E-state index < -0.39 is 11.8 Å². The van der Waals surface area contributed by atoms with Crippen molar-refractivity contribution in [1.82, 2.24) is 0 Å². The molecule has 1 aromatic carbocycles. The van der Waals surface area contributed by atoms with Crippen LogP contribution in [0.1, 0.15) is 10.4 Å². The fourth-order valence-corrected chi connectivity index (χ4v) is 1.82. The van der Waals surface area contributed by atoms with Crippen LogP contribution in [0.25, 0.3) is 0 Å². The lowest BCUT2D eigenvalue weighted by molar-refractivity contribution is -0.134. The third-order valence-corrected chi connectivity index (χ3v) is 2.55. The quantitative estimate of drug-likeness (QED) is 0.486. The lowest BCUT2D eigenvalue weighted by atomic mass is 10.1. The molecule has 0 aliphatic heterocycles. The van der Waals surface area contributed by atoms with E-state index in [-0.39, 0.29) is 16.3 Å². The topological polar surface area (TPSA) is 52.6 Å². The maximum Gasteiger partial charge on any atom is 0.330 e. The molecule has 0 aromatic heterocycles. The Labute approximate surface area is 114 Å². The van der Waals surface area contributed by atoms with Gasteiger partial charge < -0.3 is 9.47 Å². The summed E-state index contributed by atoms with van der Waals surface area (Å²) < 4.78 is 9.40. The van der Waals surface area contributed by atoms with Gasteiger partial charge in [-0.3, -0.25) is 4.79 Å². The summed E-state index contributed by atoms with van der Waals surface area (Å²) >= 11 is 11.7. The first-order valence-electron chi connectivity index (χ1n) is 4.83. The number of halogens is 2. The molecule has 0 saturated carbocycles. The molecule has 0 heterocycles. The molecule has 0 saturated heterocycles. The van der Waals surface area contributed by atoms with Gasteiger partial charge in [0.05, 0.1) is 24.8 Å². The Hall–Kier alpha value is -1.52. The maximum absolute atomic E-state index is 11.9. The van der Waals surface area contributed by atoms with E-state index in [4.69, 9.17) is 27.9 Å². The SMILES string of the molecule is COC(=O)/C=C/C(=O)c1cc(Cl)cc(Cl)c1OC. The third-order valence-electron chi connectivity index (χ3n) is 2.05. The highest BCUT2D eigenvalue weighted by Gasteiger charge is 2.15. The highest BCUT2D eigenvalue weighted by molar-refractivity contribution is 6.36. The van der Waals surface area contributed by atoms with Crippen molar-refractivity contribution in [3.63, 3.8) is 0 Å². The summed E-state index contributed by atoms with van der Waals surface area (Å²) in [5.74, 6) is -0.877. The fourth-order valence-electron chi connectivity index (χ4n) is 1.25. The minimum absolute atomic E-state index is 0.176. The van der Waals surface area contributed by atoms with Gasteiger partial charge in [-0.05, 0) is 18.2 Å². The normalized spacial score (nSPS) is 10.4. The number of ether oxygens (including phenoxy) is 2. The van der Waals surface area contributed by atoms with E-state index in [1.54, 1.807) is 0 Å². The van der Waals surface area contributed by atoms with Crippen LogP contribution in [0.3, 0.4) is 0 Å². The summed E-state index contributed by atoms with van der Waals surface area (Å²) in [6.45, 7) is 0. The first kappa shape index (κ1) is 14.5. The van der Waals surface area contributed by atoms with E-state index in [0.717, 1.165) is 12.2 Å². The minimum Gasteiger partial charge on any atom is -0.494 e. The molecular formula is C12H10Cl2O4. The number of esters is 1. The number of rotatable bonds is 4. The third kappa shape index (κ3) is 3.48. The van der Waals surface area contributed by atoms with Crippen molar-refractivity contribution < 1.29 is 19.1 Å². The second-order valence-corrected chi connectivity index (χ2v) is 4.03. The van der Waals surface area contributed by atoms with Crippen molar-refractivity contribution >= 4 is 35.0 Å². The second-order valence-electron chi connectivity index (χ2n) is 3.19. The van der Waals surface area contributed by atoms with E-state index in [1.807, 2.05) is 0 Å². The number of carbonyl (C=O) groups excluding carboxylic acids is 2. The van der Waals surface area contributed by atoms with Crippen LogP contribution in [0.5, 0.6) is 5.75 Å². The predicted octanol–water partition coefficient (Wildman–Crippen LogP) is 2.91. The summed E-state index contributed by atoms with van der Waals surface area (Å²) in [4.78, 5) is 22.7. The molecule has 6 heteroatoms. The molecule has 1 rings (SSSR count). The van der Waals surface area contributed by atoms with Gasteiger partial charge in [-0.1, -0.05) is 23.2 Å². The van der Waals surface area contributed by atoms with E-state index in [9.17, 15) is 9.59 Å². The molecule has 0 N–H and O–H groups in total. The van der Waals surface area contributed by atoms with Crippen molar-refractivity contribution in [3.05, 3.63) is 39.9 Å². The largest absolute Gasteiger partial charge is 0.494 e. The predicted molar refractivity (Wildman–Crippen MR) is 68.5 cm³/mol. The van der Waals surface area contributed by atoms with Gasteiger partial charge >= 0.3 is 5.97 Å². The van der Waals surface area contributed by atoms with Crippen LogP contribution >= 0.6 is 23.2 Å². The molecule has 0 spiro atoms. The molecule has 0 radical (unpaired) electrons. The standard InChI is InChI=1S/C12H10Cl2O4/c1-17-11(16)4-3-10(15)8-5-7(13)6-9(14)12(8)18-2/h3-6H,1-2H3/b4-3+. The Morgan fingerprint density at radius 1 is 1.17 bits per heavy atom. The first-order chi connectivity index (χ1) is 8.49. The van der Waals surface area contributed by atoms with Crippen LogP contribution in [-0.2, 0) is 9.53 Å². The number of hydrogen-bond acceptors (Lipinski definition) is 4. The Bertz CT molecular complexity index is 509. The highest BCUT2D eigenvalue weighted by atomic mass is 35.5. The number of carbonyl (C=O) groups is 2. The van der Waals surface area contributed by atoms with Crippen LogP contribution in [0.2, 0.25) is 10.0 Å². The molecule has 1 aromatic rings. The molecule has 0 aliphatic carbocycles. The Balaban J connectivity index is 3.12. The number of methoxy groups -OCH3 is 2. The van der Waals surface area contributed by atoms with Crippen LogP contribution in [-0.4, -0.2) is 26.0 Å². The van der Waals surface area contributed by atoms with Crippen molar-refractivity contribution in [3.8, 4) is 5.75 Å². The Morgan fingerprint density at radius 2 is 1.83 bits per heavy atom. The summed E-state index contributed by atoms with van der Waals surface area (Å²) in [5, 5.41) is 0.524. The zero-order valence-electron chi connectivity index (χ0n) is 9.70. The van der Waals surface area contributed by atoms with Gasteiger partial charge in [0.2, 0.25) is 0 Å². The minimum atomic E-state index is -0.629. The van der Waals surface area contributed by atoms with Gasteiger partial charge in [0.1, 0.15) is 5.75 Å². The zero-order valence-corrected chi connectivity index (χ0v) is 11.2. The van der Waals surface area contributed by atoms with Gasteiger partial charge in [0.25, 0.3) is 0 Å². The molecule has 0 bridgehead atoms. The highest BCUT2D eigenvalue weighted by Crippen LogP contribution is 2.32. The van der Waals surface area contributed by atoms with Crippen LogP contribution in [0.15, 0.2) is 24.3 Å². The second kappa shape index (κ2) is 6.42. The van der Waals surface area contributed by atoms with Gasteiger partial charge in [0.15, 0.2) is 5.78 Å². The fraction of sp³-hybridized carbons (Fsp3) is 0.167. The summed E-state index contributed by atoms with van der Waals surface area (Å²) in [6.07, 6.45) is 2.08. The van der Waals surface area contributed by atoms with Crippen LogP contribution in [0, 0.1) is 0 Å².